The van der Waals surface area contributed by atoms with Gasteiger partial charge in [-0.3, -0.25) is 0 Å². The van der Waals surface area contributed by atoms with Crippen LogP contribution in [0.25, 0.3) is 0 Å². The lowest BCUT2D eigenvalue weighted by Gasteiger charge is -2.31. The molecule has 0 atom stereocenters. The van der Waals surface area contributed by atoms with Gasteiger partial charge in [0.2, 0.25) is 0 Å². The molecule has 0 bridgehead atoms. The van der Waals surface area contributed by atoms with Gasteiger partial charge in [0.1, 0.15) is 0 Å². The number of hydrogen-bond donors (Lipinski definition) is 6. The molecule has 2 aliphatic rings. The third-order valence-electron chi connectivity index (χ3n) is 4.42. The summed E-state index contributed by atoms with van der Waals surface area (Å²) in [5.74, 6) is -1.01. The van der Waals surface area contributed by atoms with Crippen LogP contribution in [0.4, 0.5) is 14.4 Å². The Labute approximate surface area is 211 Å². The van der Waals surface area contributed by atoms with Gasteiger partial charge < -0.3 is 30.6 Å². The molecule has 13 heteroatoms. The largest absolute Gasteiger partial charge is 0.503 e. The van der Waals surface area contributed by atoms with Crippen LogP contribution in [0.1, 0.15) is 75.7 Å². The summed E-state index contributed by atoms with van der Waals surface area (Å²) in [4.78, 5) is 45.9. The lowest BCUT2D eigenvalue weighted by Crippen LogP contribution is -2.36. The Bertz CT molecular complexity index is 701. The van der Waals surface area contributed by atoms with Crippen LogP contribution in [0.3, 0.4) is 0 Å². The van der Waals surface area contributed by atoms with Gasteiger partial charge in [-0.15, -0.1) is 0 Å². The van der Waals surface area contributed by atoms with Crippen molar-refractivity contribution < 1.29 is 64.6 Å². The van der Waals surface area contributed by atoms with Crippen molar-refractivity contribution in [3.63, 3.8) is 0 Å². The fourth-order valence-corrected chi connectivity index (χ4v) is 2.21. The minimum absolute atomic E-state index is 0.0176. The molecule has 0 amide bonds. The quantitative estimate of drug-likeness (QED) is 0.129. The Morgan fingerprint density at radius 2 is 1.00 bits per heavy atom. The van der Waals surface area contributed by atoms with E-state index in [1.807, 2.05) is 6.08 Å². The molecule has 212 valence electrons. The van der Waals surface area contributed by atoms with Crippen molar-refractivity contribution in [2.45, 2.75) is 87.2 Å². The van der Waals surface area contributed by atoms with Gasteiger partial charge in [-0.1, -0.05) is 81.9 Å². The molecule has 2 rings (SSSR count). The molecule has 2 saturated heterocycles. The van der Waals surface area contributed by atoms with E-state index < -0.39 is 30.0 Å². The average Bonchev–Trinajstić information content (AvgIpc) is 3.50. The number of rotatable bonds is 3. The first kappa shape index (κ1) is 37.7. The molecule has 0 spiro atoms. The summed E-state index contributed by atoms with van der Waals surface area (Å²) < 4.78 is 0. The molecule has 0 aliphatic carbocycles. The van der Waals surface area contributed by atoms with E-state index in [0.717, 1.165) is 12.0 Å². The third kappa shape index (κ3) is 15.9. The van der Waals surface area contributed by atoms with Crippen molar-refractivity contribution in [2.75, 3.05) is 0 Å². The highest BCUT2D eigenvalue weighted by atomic mass is 17.4. The second kappa shape index (κ2) is 14.6. The maximum Gasteiger partial charge on any atom is 0.503 e. The van der Waals surface area contributed by atoms with Gasteiger partial charge in [0.05, 0.1) is 0 Å². The second-order valence-corrected chi connectivity index (χ2v) is 10.5. The molecule has 2 fully saturated rings. The predicted molar refractivity (Wildman–Crippen MR) is 129 cm³/mol. The van der Waals surface area contributed by atoms with Crippen LogP contribution in [0, 0.1) is 16.2 Å². The summed E-state index contributed by atoms with van der Waals surface area (Å²) in [6.07, 6.45) is -0.421. The highest BCUT2D eigenvalue weighted by Crippen LogP contribution is 2.55. The van der Waals surface area contributed by atoms with Crippen molar-refractivity contribution >= 4 is 18.5 Å². The molecule has 36 heavy (non-hydrogen) atoms. The highest BCUT2D eigenvalue weighted by molar-refractivity contribution is 5.53. The highest BCUT2D eigenvalue weighted by Gasteiger charge is 2.62. The lowest BCUT2D eigenvalue weighted by molar-refractivity contribution is 0.0850. The standard InChI is InChI=1S/C11H20O2.C9H16O2.3CH2O3/c1-8(9(2,3)4)11(12-13-11)10(5,6)7;1-5-6-7-9(10-11-9)8(2,3)4;3*2-1(3)4/h1H2,2-7H3;6-7H,5H2,1-4H3;3*(H2,2,3,4). The van der Waals surface area contributed by atoms with E-state index in [4.69, 9.17) is 64.6 Å². The monoisotopic (exact) mass is 526 g/mol. The van der Waals surface area contributed by atoms with Crippen LogP contribution in [0.2, 0.25) is 0 Å². The molecular formula is C23H42O13. The van der Waals surface area contributed by atoms with E-state index in [9.17, 15) is 0 Å². The first-order valence-electron chi connectivity index (χ1n) is 10.7. The van der Waals surface area contributed by atoms with Crippen molar-refractivity contribution in [2.24, 2.45) is 16.2 Å². The fourth-order valence-electron chi connectivity index (χ4n) is 2.21. The summed E-state index contributed by atoms with van der Waals surface area (Å²) in [6, 6.07) is 0. The van der Waals surface area contributed by atoms with Crippen LogP contribution < -0.4 is 0 Å². The van der Waals surface area contributed by atoms with Gasteiger partial charge in [0.25, 0.3) is 11.6 Å². The van der Waals surface area contributed by atoms with Crippen molar-refractivity contribution in [3.05, 3.63) is 24.3 Å². The van der Waals surface area contributed by atoms with Gasteiger partial charge in [-0.05, 0) is 23.5 Å². The molecule has 2 aliphatic heterocycles. The zero-order valence-corrected chi connectivity index (χ0v) is 22.6. The van der Waals surface area contributed by atoms with Crippen LogP contribution >= 0.6 is 0 Å². The Morgan fingerprint density at radius 3 is 1.11 bits per heavy atom. The second-order valence-electron chi connectivity index (χ2n) is 10.5. The molecule has 6 N–H and O–H groups in total. The van der Waals surface area contributed by atoms with Gasteiger partial charge in [-0.2, -0.15) is 19.6 Å². The molecule has 0 aromatic heterocycles. The van der Waals surface area contributed by atoms with E-state index in [2.05, 4.69) is 81.9 Å². The van der Waals surface area contributed by atoms with Gasteiger partial charge in [0.15, 0.2) is 0 Å². The Morgan fingerprint density at radius 1 is 0.694 bits per heavy atom. The molecule has 0 aromatic rings. The Hall–Kier alpha value is -2.87. The molecular weight excluding hydrogens is 484 g/mol. The minimum atomic E-state index is -1.83. The topological polar surface area (TPSA) is 223 Å². The normalized spacial score (nSPS) is 16.6. The predicted octanol–water partition coefficient (Wildman–Crippen LogP) is 6.62. The smallest absolute Gasteiger partial charge is 0.450 e. The molecule has 0 aromatic carbocycles. The number of carbonyl (C=O) groups is 3. The maximum atomic E-state index is 8.56. The van der Waals surface area contributed by atoms with Crippen LogP contribution in [0.15, 0.2) is 24.3 Å². The van der Waals surface area contributed by atoms with E-state index in [1.165, 1.54) is 0 Å². The number of allylic oxidation sites excluding steroid dienone is 1. The zero-order chi connectivity index (χ0) is 29.8. The Kier molecular flexibility index (Phi) is 15.3. The van der Waals surface area contributed by atoms with Crippen LogP contribution in [-0.2, 0) is 19.6 Å². The van der Waals surface area contributed by atoms with Crippen molar-refractivity contribution in [1.82, 2.24) is 0 Å². The fraction of sp³-hybridized carbons (Fsp3) is 0.696. The first-order valence-corrected chi connectivity index (χ1v) is 10.7. The summed E-state index contributed by atoms with van der Waals surface area (Å²) >= 11 is 0. The van der Waals surface area contributed by atoms with Gasteiger partial charge in [0, 0.05) is 10.8 Å². The Balaban J connectivity index is -0.000000425. The van der Waals surface area contributed by atoms with Crippen molar-refractivity contribution in [3.8, 4) is 0 Å². The van der Waals surface area contributed by atoms with Gasteiger partial charge in [-0.25, -0.2) is 14.4 Å². The van der Waals surface area contributed by atoms with Crippen LogP contribution in [0.5, 0.6) is 0 Å². The van der Waals surface area contributed by atoms with Crippen LogP contribution in [-0.4, -0.2) is 60.7 Å². The minimum Gasteiger partial charge on any atom is -0.450 e. The van der Waals surface area contributed by atoms with Crippen molar-refractivity contribution in [1.29, 1.82) is 0 Å². The SMILES string of the molecule is C=C(C(C)(C)C)C1(C(C)(C)C)OO1.CCC=CC1(C(C)(C)C)OO1.O=C(O)O.O=C(O)O.O=C(O)O. The molecule has 2 heterocycles. The summed E-state index contributed by atoms with van der Waals surface area (Å²) in [6.45, 7) is 25.1. The molecule has 13 nitrogen and oxygen atoms in total. The van der Waals surface area contributed by atoms with Gasteiger partial charge >= 0.3 is 18.5 Å². The zero-order valence-electron chi connectivity index (χ0n) is 22.6. The van der Waals surface area contributed by atoms with E-state index in [-0.39, 0.29) is 16.2 Å². The number of hydrogen-bond acceptors (Lipinski definition) is 7. The summed E-state index contributed by atoms with van der Waals surface area (Å²) in [5, 5.41) is 41.8. The third-order valence-corrected chi connectivity index (χ3v) is 4.42. The van der Waals surface area contributed by atoms with E-state index in [1.54, 1.807) is 0 Å². The lowest BCUT2D eigenvalue weighted by atomic mass is 9.73. The molecule has 0 unspecified atom stereocenters. The molecule has 0 radical (unpaired) electrons. The average molecular weight is 527 g/mol. The molecule has 0 saturated carbocycles. The number of carboxylic acid groups (broad SMARTS) is 6. The summed E-state index contributed by atoms with van der Waals surface area (Å²) in [7, 11) is 0. The maximum absolute atomic E-state index is 8.56. The van der Waals surface area contributed by atoms with E-state index >= 15 is 0 Å². The van der Waals surface area contributed by atoms with E-state index in [0.29, 0.717) is 0 Å². The summed E-state index contributed by atoms with van der Waals surface area (Å²) in [5.41, 5.74) is 0.993. The first-order chi connectivity index (χ1) is 15.8.